The highest BCUT2D eigenvalue weighted by Gasteiger charge is 2.26. The van der Waals surface area contributed by atoms with Crippen LogP contribution >= 0.6 is 0 Å². The number of likely N-dealkylation sites (tertiary alicyclic amines) is 1. The minimum absolute atomic E-state index is 0.0751. The average Bonchev–Trinajstić information content (AvgIpc) is 3.22. The average molecular weight is 452 g/mol. The third-order valence-electron chi connectivity index (χ3n) is 6.55. The normalized spacial score (nSPS) is 17.5. The number of halogens is 1. The number of benzene rings is 2. The van der Waals surface area contributed by atoms with Gasteiger partial charge in [-0.1, -0.05) is 30.3 Å². The van der Waals surface area contributed by atoms with Crippen LogP contribution in [0, 0.1) is 5.82 Å². The zero-order chi connectivity index (χ0) is 22.1. The van der Waals surface area contributed by atoms with E-state index in [0.29, 0.717) is 16.7 Å². The van der Waals surface area contributed by atoms with Crippen molar-refractivity contribution in [2.24, 2.45) is 0 Å². The summed E-state index contributed by atoms with van der Waals surface area (Å²) in [5.41, 5.74) is 3.06. The van der Waals surface area contributed by atoms with E-state index in [1.807, 2.05) is 12.1 Å². The smallest absolute Gasteiger partial charge is 0.241 e. The monoisotopic (exact) mass is 451 g/mol. The van der Waals surface area contributed by atoms with Crippen molar-refractivity contribution in [3.05, 3.63) is 77.9 Å². The number of pyridine rings is 1. The third-order valence-corrected chi connectivity index (χ3v) is 8.13. The van der Waals surface area contributed by atoms with Gasteiger partial charge >= 0.3 is 0 Å². The molecule has 2 aromatic carbocycles. The first-order chi connectivity index (χ1) is 15.5. The first kappa shape index (κ1) is 21.2. The molecule has 1 fully saturated rings. The Kier molecular flexibility index (Phi) is 5.80. The summed E-state index contributed by atoms with van der Waals surface area (Å²) in [6.07, 6.45) is 8.54. The second-order valence-corrected chi connectivity index (χ2v) is 10.2. The predicted molar refractivity (Wildman–Crippen MR) is 124 cm³/mol. The highest BCUT2D eigenvalue weighted by Crippen LogP contribution is 2.32. The maximum absolute atomic E-state index is 13.9. The molecule has 7 heteroatoms. The summed E-state index contributed by atoms with van der Waals surface area (Å²) >= 11 is 0. The lowest BCUT2D eigenvalue weighted by Gasteiger charge is -2.32. The van der Waals surface area contributed by atoms with Gasteiger partial charge in [0.05, 0.1) is 4.90 Å². The van der Waals surface area contributed by atoms with Crippen LogP contribution in [0.5, 0.6) is 0 Å². The van der Waals surface area contributed by atoms with E-state index in [1.54, 1.807) is 36.7 Å². The summed E-state index contributed by atoms with van der Waals surface area (Å²) in [5.74, 6) is -0.121. The summed E-state index contributed by atoms with van der Waals surface area (Å²) < 4.78 is 43.0. The van der Waals surface area contributed by atoms with Crippen molar-refractivity contribution < 1.29 is 12.8 Å². The first-order valence-corrected chi connectivity index (χ1v) is 12.5. The number of sulfonamides is 1. The molecule has 0 atom stereocenters. The molecule has 0 saturated carbocycles. The molecular weight excluding hydrogens is 425 g/mol. The molecule has 2 aliphatic rings. The number of allylic oxidation sites excluding steroid dienone is 1. The van der Waals surface area contributed by atoms with Gasteiger partial charge in [-0.15, -0.1) is 0 Å². The lowest BCUT2D eigenvalue weighted by atomic mass is 10.0. The highest BCUT2D eigenvalue weighted by atomic mass is 32.2. The van der Waals surface area contributed by atoms with Gasteiger partial charge in [0.25, 0.3) is 0 Å². The Morgan fingerprint density at radius 2 is 1.91 bits per heavy atom. The van der Waals surface area contributed by atoms with Gasteiger partial charge in [-0.2, -0.15) is 0 Å². The lowest BCUT2D eigenvalue weighted by molar-refractivity contribution is 0.211. The van der Waals surface area contributed by atoms with Gasteiger partial charge in [0, 0.05) is 35.8 Å². The van der Waals surface area contributed by atoms with Crippen LogP contribution in [0.4, 0.5) is 4.39 Å². The molecule has 0 radical (unpaired) electrons. The Labute approximate surface area is 188 Å². The van der Waals surface area contributed by atoms with E-state index in [4.69, 9.17) is 0 Å². The summed E-state index contributed by atoms with van der Waals surface area (Å²) in [6.45, 7) is 2.59. The molecule has 1 N–H and O–H groups in total. The quantitative estimate of drug-likeness (QED) is 0.612. The van der Waals surface area contributed by atoms with Crippen LogP contribution < -0.4 is 4.72 Å². The first-order valence-electron chi connectivity index (χ1n) is 11.1. The largest absolute Gasteiger partial charge is 0.303 e. The van der Waals surface area contributed by atoms with Crippen molar-refractivity contribution in [1.82, 2.24) is 14.6 Å². The van der Waals surface area contributed by atoms with E-state index in [1.165, 1.54) is 11.6 Å². The molecule has 0 spiro atoms. The fourth-order valence-corrected chi connectivity index (χ4v) is 6.34. The van der Waals surface area contributed by atoms with E-state index in [9.17, 15) is 12.8 Å². The molecule has 0 amide bonds. The van der Waals surface area contributed by atoms with Crippen LogP contribution in [0.25, 0.3) is 16.3 Å². The fourth-order valence-electron chi connectivity index (χ4n) is 4.80. The number of rotatable bonds is 6. The second-order valence-electron chi connectivity index (χ2n) is 8.54. The van der Waals surface area contributed by atoms with Gasteiger partial charge in [-0.05, 0) is 73.7 Å². The number of nitrogens with zero attached hydrogens (tertiary/aromatic N) is 2. The zero-order valence-electron chi connectivity index (χ0n) is 17.8. The molecule has 0 unspecified atom stereocenters. The molecule has 1 saturated heterocycles. The van der Waals surface area contributed by atoms with E-state index < -0.39 is 10.0 Å². The van der Waals surface area contributed by atoms with Gasteiger partial charge in [-0.25, -0.2) is 17.5 Å². The molecule has 3 aromatic rings. The third kappa shape index (κ3) is 4.20. The number of aromatic nitrogens is 1. The van der Waals surface area contributed by atoms with Gasteiger partial charge in [0.2, 0.25) is 10.0 Å². The van der Waals surface area contributed by atoms with Crippen LogP contribution in [-0.2, 0) is 16.4 Å². The molecular formula is C25H26FN3O2S. The lowest BCUT2D eigenvalue weighted by Crippen LogP contribution is -2.44. The SMILES string of the molecule is O=S(=O)(NC1CCN(CCC2=CCc3c(F)cccc32)CC1)c1cccc2cnccc12. The van der Waals surface area contributed by atoms with E-state index >= 15 is 0 Å². The fraction of sp³-hybridized carbons (Fsp3) is 0.320. The number of nitrogens with one attached hydrogen (secondary N) is 1. The maximum atomic E-state index is 13.9. The zero-order valence-corrected chi connectivity index (χ0v) is 18.6. The van der Waals surface area contributed by atoms with Crippen LogP contribution in [0.3, 0.4) is 0 Å². The molecule has 5 nitrogen and oxygen atoms in total. The molecule has 1 aliphatic heterocycles. The van der Waals surface area contributed by atoms with Crippen LogP contribution in [0.1, 0.15) is 30.4 Å². The van der Waals surface area contributed by atoms with Gasteiger partial charge in [0.1, 0.15) is 5.82 Å². The molecule has 166 valence electrons. The molecule has 32 heavy (non-hydrogen) atoms. The molecule has 5 rings (SSSR count). The van der Waals surface area contributed by atoms with Crippen LogP contribution in [0.2, 0.25) is 0 Å². The number of hydrogen-bond donors (Lipinski definition) is 1. The predicted octanol–water partition coefficient (Wildman–Crippen LogP) is 4.15. The highest BCUT2D eigenvalue weighted by molar-refractivity contribution is 7.89. The van der Waals surface area contributed by atoms with E-state index in [0.717, 1.165) is 55.4 Å². The Hall–Kier alpha value is -2.61. The van der Waals surface area contributed by atoms with E-state index in [-0.39, 0.29) is 11.9 Å². The van der Waals surface area contributed by atoms with Gasteiger partial charge < -0.3 is 4.90 Å². The molecule has 2 heterocycles. The molecule has 0 bridgehead atoms. The number of fused-ring (bicyclic) bond motifs is 2. The van der Waals surface area contributed by atoms with Gasteiger partial charge in [0.15, 0.2) is 0 Å². The number of hydrogen-bond acceptors (Lipinski definition) is 4. The standard InChI is InChI=1S/C25H26FN3O2S/c26-24-5-2-4-21-18(7-8-23(21)24)10-14-29-15-11-20(12-16-29)28-32(30,31)25-6-1-3-19-17-27-13-9-22(19)25/h1-7,9,13,17,20,28H,8,10-12,14-16H2. The summed E-state index contributed by atoms with van der Waals surface area (Å²) in [5, 5.41) is 1.50. The molecule has 1 aromatic heterocycles. The van der Waals surface area contributed by atoms with Crippen molar-refractivity contribution in [2.75, 3.05) is 19.6 Å². The van der Waals surface area contributed by atoms with Crippen molar-refractivity contribution in [1.29, 1.82) is 0 Å². The van der Waals surface area contributed by atoms with Crippen molar-refractivity contribution in [3.8, 4) is 0 Å². The Bertz CT molecular complexity index is 1280. The second kappa shape index (κ2) is 8.73. The summed E-state index contributed by atoms with van der Waals surface area (Å²) in [7, 11) is -3.61. The van der Waals surface area contributed by atoms with Crippen LogP contribution in [-0.4, -0.2) is 44.0 Å². The van der Waals surface area contributed by atoms with Gasteiger partial charge in [-0.3, -0.25) is 4.98 Å². The Morgan fingerprint density at radius 3 is 2.75 bits per heavy atom. The summed E-state index contributed by atoms with van der Waals surface area (Å²) in [6, 6.07) is 12.2. The molecule has 1 aliphatic carbocycles. The minimum Gasteiger partial charge on any atom is -0.303 e. The van der Waals surface area contributed by atoms with Crippen molar-refractivity contribution in [2.45, 2.75) is 36.6 Å². The van der Waals surface area contributed by atoms with E-state index in [2.05, 4.69) is 20.7 Å². The minimum atomic E-state index is -3.61. The topological polar surface area (TPSA) is 62.3 Å². The maximum Gasteiger partial charge on any atom is 0.241 e. The summed E-state index contributed by atoms with van der Waals surface area (Å²) in [4.78, 5) is 6.75. The van der Waals surface area contributed by atoms with Crippen molar-refractivity contribution >= 4 is 26.4 Å². The Balaban J connectivity index is 1.17. The van der Waals surface area contributed by atoms with Crippen molar-refractivity contribution in [3.63, 3.8) is 0 Å². The number of piperidine rings is 1. The van der Waals surface area contributed by atoms with Crippen LogP contribution in [0.15, 0.2) is 65.8 Å². The Morgan fingerprint density at radius 1 is 1.09 bits per heavy atom.